The van der Waals surface area contributed by atoms with Gasteiger partial charge in [0.25, 0.3) is 5.92 Å². The Morgan fingerprint density at radius 2 is 1.97 bits per heavy atom. The Kier molecular flexibility index (Phi) is 7.96. The lowest BCUT2D eigenvalue weighted by molar-refractivity contribution is -0.00254. The summed E-state index contributed by atoms with van der Waals surface area (Å²) in [6, 6.07) is 3.36. The van der Waals surface area contributed by atoms with E-state index >= 15 is 0 Å². The largest absolute Gasteiger partial charge is 0.482 e. The first-order valence-corrected chi connectivity index (χ1v) is 12.8. The fourth-order valence-corrected chi connectivity index (χ4v) is 4.97. The highest BCUT2D eigenvalue weighted by molar-refractivity contribution is 6.36. The SMILES string of the molecule is C[C@@H](Oc1cc(-c2cnn(C[C@@H]3CC(F)(F)CN3C(=O)OC(C)(C)C)c2)cnc1N)c1c(Cl)ccc(F)c1Cl. The monoisotopic (exact) mass is 585 g/mol. The Labute approximate surface area is 233 Å². The molecule has 0 bridgehead atoms. The van der Waals surface area contributed by atoms with Crippen LogP contribution in [0.1, 0.15) is 45.8 Å². The van der Waals surface area contributed by atoms with Gasteiger partial charge in [-0.25, -0.2) is 22.9 Å². The molecule has 13 heteroatoms. The summed E-state index contributed by atoms with van der Waals surface area (Å²) in [5.41, 5.74) is 6.64. The van der Waals surface area contributed by atoms with E-state index in [4.69, 9.17) is 38.4 Å². The van der Waals surface area contributed by atoms with Gasteiger partial charge in [-0.3, -0.25) is 9.58 Å². The Morgan fingerprint density at radius 1 is 1.26 bits per heavy atom. The molecule has 2 N–H and O–H groups in total. The summed E-state index contributed by atoms with van der Waals surface area (Å²) in [5.74, 6) is -3.38. The van der Waals surface area contributed by atoms with E-state index in [1.807, 2.05) is 0 Å². The fourth-order valence-electron chi connectivity index (χ4n) is 4.30. The number of amides is 1. The number of nitrogen functional groups attached to an aromatic ring is 1. The lowest BCUT2D eigenvalue weighted by Crippen LogP contribution is -2.42. The Hall–Kier alpha value is -3.18. The van der Waals surface area contributed by atoms with Crippen LogP contribution in [0.5, 0.6) is 5.75 Å². The lowest BCUT2D eigenvalue weighted by Gasteiger charge is -2.28. The highest BCUT2D eigenvalue weighted by Crippen LogP contribution is 2.37. The summed E-state index contributed by atoms with van der Waals surface area (Å²) in [6.07, 6.45) is 2.62. The van der Waals surface area contributed by atoms with Gasteiger partial charge in [-0.2, -0.15) is 5.10 Å². The molecule has 1 saturated heterocycles. The quantitative estimate of drug-likeness (QED) is 0.321. The van der Waals surface area contributed by atoms with Crippen LogP contribution in [-0.2, 0) is 11.3 Å². The van der Waals surface area contributed by atoms with Gasteiger partial charge in [0.2, 0.25) is 0 Å². The average Bonchev–Trinajstić information content (AvgIpc) is 3.40. The van der Waals surface area contributed by atoms with E-state index in [0.29, 0.717) is 11.1 Å². The Morgan fingerprint density at radius 3 is 2.67 bits per heavy atom. The molecule has 210 valence electrons. The highest BCUT2D eigenvalue weighted by atomic mass is 35.5. The van der Waals surface area contributed by atoms with Gasteiger partial charge in [-0.15, -0.1) is 0 Å². The van der Waals surface area contributed by atoms with Gasteiger partial charge in [0, 0.05) is 40.5 Å². The maximum absolute atomic E-state index is 14.2. The van der Waals surface area contributed by atoms with E-state index in [9.17, 15) is 18.0 Å². The van der Waals surface area contributed by atoms with Gasteiger partial charge in [-0.05, 0) is 45.9 Å². The summed E-state index contributed by atoms with van der Waals surface area (Å²) in [7, 11) is 0. The molecule has 0 radical (unpaired) electrons. The number of rotatable bonds is 6. The van der Waals surface area contributed by atoms with Crippen LogP contribution in [-0.4, -0.2) is 49.9 Å². The van der Waals surface area contributed by atoms with Crippen molar-refractivity contribution in [1.82, 2.24) is 19.7 Å². The molecule has 0 saturated carbocycles. The van der Waals surface area contributed by atoms with Crippen molar-refractivity contribution < 1.29 is 27.4 Å². The number of halogens is 5. The van der Waals surface area contributed by atoms with Gasteiger partial charge in [0.15, 0.2) is 11.6 Å². The maximum Gasteiger partial charge on any atom is 0.410 e. The van der Waals surface area contributed by atoms with Gasteiger partial charge >= 0.3 is 6.09 Å². The number of aromatic nitrogens is 3. The zero-order chi connectivity index (χ0) is 28.7. The number of benzene rings is 1. The molecular formula is C26H28Cl2F3N5O3. The first-order valence-electron chi connectivity index (χ1n) is 12.1. The summed E-state index contributed by atoms with van der Waals surface area (Å²) in [5, 5.41) is 4.36. The van der Waals surface area contributed by atoms with Gasteiger partial charge < -0.3 is 15.2 Å². The topological polar surface area (TPSA) is 95.5 Å². The molecule has 0 aliphatic carbocycles. The number of nitrogens with two attached hydrogens (primary N) is 1. The van der Waals surface area contributed by atoms with Crippen LogP contribution in [0.2, 0.25) is 10.0 Å². The molecule has 0 spiro atoms. The summed E-state index contributed by atoms with van der Waals surface area (Å²) in [4.78, 5) is 17.8. The second kappa shape index (κ2) is 10.8. The predicted molar refractivity (Wildman–Crippen MR) is 142 cm³/mol. The number of hydrogen-bond acceptors (Lipinski definition) is 6. The van der Waals surface area contributed by atoms with Crippen LogP contribution in [0.4, 0.5) is 23.8 Å². The molecule has 1 aromatic carbocycles. The maximum atomic E-state index is 14.2. The minimum Gasteiger partial charge on any atom is -0.482 e. The van der Waals surface area contributed by atoms with Crippen molar-refractivity contribution >= 4 is 35.1 Å². The van der Waals surface area contributed by atoms with Crippen LogP contribution in [0.3, 0.4) is 0 Å². The zero-order valence-corrected chi connectivity index (χ0v) is 23.2. The number of nitrogens with zero attached hydrogens (tertiary/aromatic N) is 4. The number of carbonyl (C=O) groups excluding carboxylic acids is 1. The van der Waals surface area contributed by atoms with E-state index in [0.717, 1.165) is 11.0 Å². The first kappa shape index (κ1) is 28.8. The fraction of sp³-hybridized carbons (Fsp3) is 0.423. The molecular weight excluding hydrogens is 558 g/mol. The van der Waals surface area contributed by atoms with Crippen LogP contribution in [0, 0.1) is 5.82 Å². The summed E-state index contributed by atoms with van der Waals surface area (Å²) < 4.78 is 55.2. The normalized spacial score (nSPS) is 17.8. The van der Waals surface area contributed by atoms with Crippen LogP contribution < -0.4 is 10.5 Å². The van der Waals surface area contributed by atoms with Crippen molar-refractivity contribution in [3.63, 3.8) is 0 Å². The molecule has 2 aromatic heterocycles. The van der Waals surface area contributed by atoms with Gasteiger partial charge in [-0.1, -0.05) is 23.2 Å². The van der Waals surface area contributed by atoms with E-state index in [2.05, 4.69) is 10.1 Å². The van der Waals surface area contributed by atoms with Crippen LogP contribution in [0.25, 0.3) is 11.1 Å². The van der Waals surface area contributed by atoms with Gasteiger partial charge in [0.05, 0.1) is 30.4 Å². The van der Waals surface area contributed by atoms with Crippen LogP contribution >= 0.6 is 23.2 Å². The second-order valence-corrected chi connectivity index (χ2v) is 11.2. The molecule has 4 rings (SSSR count). The van der Waals surface area contributed by atoms with E-state index in [1.165, 1.54) is 23.1 Å². The molecule has 1 aliphatic heterocycles. The second-order valence-electron chi connectivity index (χ2n) is 10.4. The third-order valence-corrected chi connectivity index (χ3v) is 6.75. The van der Waals surface area contributed by atoms with Crippen molar-refractivity contribution in [2.24, 2.45) is 0 Å². The van der Waals surface area contributed by atoms with Crippen molar-refractivity contribution in [3.05, 3.63) is 58.2 Å². The molecule has 2 atom stereocenters. The standard InChI is InChI=1S/C26H28Cl2F3N5O3/c1-14(21-18(27)5-6-19(29)22(21)28)38-20-7-15(9-33-23(20)32)16-10-34-35(11-16)12-17-8-26(30,31)13-36(17)24(37)39-25(2,3)4/h5-7,9-11,14,17H,8,12-13H2,1-4H3,(H2,32,33)/t14-,17+/m1/s1. The molecule has 1 fully saturated rings. The summed E-state index contributed by atoms with van der Waals surface area (Å²) >= 11 is 12.3. The van der Waals surface area contributed by atoms with E-state index in [-0.39, 0.29) is 33.7 Å². The third-order valence-electron chi connectivity index (χ3n) is 6.04. The lowest BCUT2D eigenvalue weighted by atomic mass is 10.1. The van der Waals surface area contributed by atoms with Gasteiger partial charge in [0.1, 0.15) is 17.5 Å². The molecule has 0 unspecified atom stereocenters. The Bertz CT molecular complexity index is 1380. The highest BCUT2D eigenvalue weighted by Gasteiger charge is 2.48. The average molecular weight is 586 g/mol. The molecule has 3 heterocycles. The molecule has 1 amide bonds. The number of ether oxygens (including phenoxy) is 2. The van der Waals surface area contributed by atoms with Crippen molar-refractivity contribution in [2.75, 3.05) is 12.3 Å². The van der Waals surface area contributed by atoms with Crippen LogP contribution in [0.15, 0.2) is 36.8 Å². The minimum atomic E-state index is -3.03. The zero-order valence-electron chi connectivity index (χ0n) is 21.7. The number of hydrogen-bond donors (Lipinski definition) is 1. The van der Waals surface area contributed by atoms with E-state index in [1.54, 1.807) is 40.0 Å². The molecule has 39 heavy (non-hydrogen) atoms. The first-order chi connectivity index (χ1) is 18.1. The van der Waals surface area contributed by atoms with Crippen molar-refractivity contribution in [3.8, 4) is 16.9 Å². The molecule has 1 aliphatic rings. The number of alkyl halides is 2. The number of pyridine rings is 1. The smallest absolute Gasteiger partial charge is 0.410 e. The van der Waals surface area contributed by atoms with E-state index < -0.39 is 48.5 Å². The van der Waals surface area contributed by atoms with Crippen molar-refractivity contribution in [2.45, 2.75) is 64.3 Å². The number of likely N-dealkylation sites (tertiary alicyclic amines) is 1. The molecule has 8 nitrogen and oxygen atoms in total. The summed E-state index contributed by atoms with van der Waals surface area (Å²) in [6.45, 7) is 5.98. The number of anilines is 1. The minimum absolute atomic E-state index is 0.0359. The molecule has 3 aromatic rings. The number of carbonyl (C=O) groups is 1. The third kappa shape index (κ3) is 6.70. The predicted octanol–water partition coefficient (Wildman–Crippen LogP) is 6.76. The van der Waals surface area contributed by atoms with Crippen molar-refractivity contribution in [1.29, 1.82) is 0 Å². The Balaban J connectivity index is 1.52.